The smallest absolute Gasteiger partial charge is 0.361 e. The first kappa shape index (κ1) is 86.9. The van der Waals surface area contributed by atoms with Crippen LogP contribution in [-0.4, -0.2) is 87.4 Å². The molecule has 0 aromatic heterocycles. The number of likely N-dealkylation sites (N-methyl/N-ethyl adjacent to an activating group) is 1. The van der Waals surface area contributed by atoms with Crippen molar-refractivity contribution < 1.29 is 42.9 Å². The van der Waals surface area contributed by atoms with Gasteiger partial charge in [-0.05, 0) is 148 Å². The maximum Gasteiger partial charge on any atom is 0.361 e. The van der Waals surface area contributed by atoms with E-state index in [0.29, 0.717) is 17.4 Å². The second-order valence-electron chi connectivity index (χ2n) is 24.4. The van der Waals surface area contributed by atoms with Crippen molar-refractivity contribution >= 4 is 17.9 Å². The number of unbranched alkanes of at least 4 members (excludes halogenated alkanes) is 15. The molecular weight excluding hydrogens is 1150 g/mol. The molecule has 93 heavy (non-hydrogen) atoms. The van der Waals surface area contributed by atoms with Crippen LogP contribution in [0.5, 0.6) is 0 Å². The van der Waals surface area contributed by atoms with Gasteiger partial charge in [0.25, 0.3) is 6.29 Å². The molecule has 0 spiro atoms. The number of rotatable bonds is 64. The Bertz CT molecular complexity index is 2280. The number of allylic oxidation sites excluding steroid dienone is 34. The van der Waals surface area contributed by atoms with Gasteiger partial charge in [0.05, 0.1) is 34.4 Å². The molecule has 0 aliphatic carbocycles. The van der Waals surface area contributed by atoms with Gasteiger partial charge >= 0.3 is 17.9 Å². The minimum atomic E-state index is -1.53. The monoisotopic (exact) mass is 1280 g/mol. The molecule has 2 unspecified atom stereocenters. The Morgan fingerprint density at radius 3 is 0.860 bits per heavy atom. The lowest BCUT2D eigenvalue weighted by molar-refractivity contribution is -0.870. The number of carbonyl (C=O) groups is 3. The molecule has 0 aliphatic rings. The van der Waals surface area contributed by atoms with E-state index in [9.17, 15) is 19.5 Å². The SMILES string of the molecule is CC/C=C\C/C=C\C/C=C\C/C=C\C/C=C\C/C=C\C/C=C\C/C=C\C/C=C\C/C=C\CCCCCCCCCCC(=O)OC(COC(=O)CCCCCCCCC/C=C\C/C=C\C/C=C\C/C=C\C/C=C\C/C=C\C/C=C\CC)COC(OCC[N+](C)(C)C)C(=O)O. The van der Waals surface area contributed by atoms with E-state index >= 15 is 0 Å². The maximum atomic E-state index is 13.0. The lowest BCUT2D eigenvalue weighted by Gasteiger charge is -2.25. The van der Waals surface area contributed by atoms with E-state index in [4.69, 9.17) is 18.9 Å². The summed E-state index contributed by atoms with van der Waals surface area (Å²) in [5.74, 6) is -2.05. The van der Waals surface area contributed by atoms with Gasteiger partial charge in [-0.3, -0.25) is 9.59 Å². The van der Waals surface area contributed by atoms with Crippen LogP contribution in [0.1, 0.15) is 245 Å². The third kappa shape index (κ3) is 73.1. The van der Waals surface area contributed by atoms with Crippen LogP contribution in [-0.2, 0) is 33.3 Å². The fraction of sp³-hybridized carbons (Fsp3) is 0.560. The Kier molecular flexibility index (Phi) is 67.0. The lowest BCUT2D eigenvalue weighted by Crippen LogP contribution is -2.40. The summed E-state index contributed by atoms with van der Waals surface area (Å²) in [6, 6.07) is 0. The molecule has 0 fully saturated rings. The minimum Gasteiger partial charge on any atom is -0.477 e. The topological polar surface area (TPSA) is 108 Å². The number of aliphatic carboxylic acids is 1. The molecular formula is C84H132NO8+. The standard InChI is InChI=1S/C84H131NO8/c1-6-8-10-12-14-16-18-20-22-24-26-28-30-32-34-36-37-38-39-40-41-42-43-44-45-47-49-51-53-55-57-59-61-63-65-67-69-71-73-75-82(87)93-80(79-92-84(83(88)89)90-77-76-85(3,4)5)78-91-81(86)74-72-70-68-66-64-62-60-58-56-54-52-50-48-46-35-33-31-29-27-25-23-21-19-17-15-13-11-9-7-2/h8-11,14-17,20-23,26-29,32-35,37-38,40-41,43-44,47-50,53-56,80,84H,6-7,12-13,18-19,24-25,30-31,36,39,42,45-46,51-52,57-79H2,1-5H3/p+1/b10-8-,11-9-,16-14-,17-15-,22-20-,23-21-,28-26-,29-27-,34-32-,35-33-,38-37-,41-40-,44-43-,49-47-,50-48-,55-53-,56-54-. The van der Waals surface area contributed by atoms with E-state index in [-0.39, 0.29) is 38.6 Å². The van der Waals surface area contributed by atoms with Crippen molar-refractivity contribution in [3.8, 4) is 0 Å². The Morgan fingerprint density at radius 1 is 0.323 bits per heavy atom. The zero-order chi connectivity index (χ0) is 67.5. The molecule has 520 valence electrons. The molecule has 0 aliphatic heterocycles. The minimum absolute atomic E-state index is 0.172. The summed E-state index contributed by atoms with van der Waals surface area (Å²) in [5.41, 5.74) is 0. The second-order valence-corrected chi connectivity index (χ2v) is 24.4. The van der Waals surface area contributed by atoms with Crippen LogP contribution in [0, 0.1) is 0 Å². The molecule has 0 heterocycles. The maximum absolute atomic E-state index is 13.0. The highest BCUT2D eigenvalue weighted by molar-refractivity contribution is 5.71. The summed E-state index contributed by atoms with van der Waals surface area (Å²) < 4.78 is 23.0. The molecule has 2 atom stereocenters. The van der Waals surface area contributed by atoms with Gasteiger partial charge in [0, 0.05) is 12.8 Å². The summed E-state index contributed by atoms with van der Waals surface area (Å²) in [5, 5.41) is 9.76. The number of carbonyl (C=O) groups excluding carboxylic acids is 2. The Balaban J connectivity index is 4.24. The molecule has 0 radical (unpaired) electrons. The van der Waals surface area contributed by atoms with Gasteiger partial charge in [-0.2, -0.15) is 0 Å². The highest BCUT2D eigenvalue weighted by atomic mass is 16.7. The van der Waals surface area contributed by atoms with E-state index < -0.39 is 24.3 Å². The van der Waals surface area contributed by atoms with Crippen LogP contribution in [0.25, 0.3) is 0 Å². The molecule has 9 heteroatoms. The van der Waals surface area contributed by atoms with Crippen molar-refractivity contribution in [3.05, 3.63) is 207 Å². The normalized spacial score (nSPS) is 13.9. The van der Waals surface area contributed by atoms with Crippen LogP contribution in [0.4, 0.5) is 0 Å². The van der Waals surface area contributed by atoms with Crippen molar-refractivity contribution in [2.75, 3.05) is 47.5 Å². The third-order valence-electron chi connectivity index (χ3n) is 14.5. The molecule has 0 amide bonds. The van der Waals surface area contributed by atoms with Gasteiger partial charge < -0.3 is 28.5 Å². The number of carboxylic acids is 1. The van der Waals surface area contributed by atoms with Crippen LogP contribution in [0.15, 0.2) is 207 Å². The van der Waals surface area contributed by atoms with Crippen molar-refractivity contribution in [3.63, 3.8) is 0 Å². The van der Waals surface area contributed by atoms with E-state index in [1.807, 2.05) is 21.1 Å². The quantitative estimate of drug-likeness (QED) is 0.0211. The van der Waals surface area contributed by atoms with Crippen molar-refractivity contribution in [2.24, 2.45) is 0 Å². The second kappa shape index (κ2) is 71.7. The summed E-state index contributed by atoms with van der Waals surface area (Å²) >= 11 is 0. The third-order valence-corrected chi connectivity index (χ3v) is 14.5. The molecule has 0 aromatic carbocycles. The van der Waals surface area contributed by atoms with Gasteiger partial charge in [0.2, 0.25) is 0 Å². The highest BCUT2D eigenvalue weighted by Crippen LogP contribution is 2.15. The molecule has 0 rings (SSSR count). The van der Waals surface area contributed by atoms with E-state index in [1.54, 1.807) is 0 Å². The van der Waals surface area contributed by atoms with E-state index in [1.165, 1.54) is 44.9 Å². The van der Waals surface area contributed by atoms with Gasteiger partial charge in [0.1, 0.15) is 13.2 Å². The first-order valence-corrected chi connectivity index (χ1v) is 36.2. The Hall–Kier alpha value is -6.13. The van der Waals surface area contributed by atoms with Crippen molar-refractivity contribution in [1.29, 1.82) is 0 Å². The molecule has 9 nitrogen and oxygen atoms in total. The molecule has 0 saturated heterocycles. The van der Waals surface area contributed by atoms with Gasteiger partial charge in [0.15, 0.2) is 6.10 Å². The molecule has 1 N–H and O–H groups in total. The highest BCUT2D eigenvalue weighted by Gasteiger charge is 2.25. The molecule has 0 aromatic rings. The first-order chi connectivity index (χ1) is 45.6. The van der Waals surface area contributed by atoms with Gasteiger partial charge in [-0.1, -0.05) is 291 Å². The van der Waals surface area contributed by atoms with Gasteiger partial charge in [-0.25, -0.2) is 4.79 Å². The fourth-order valence-electron chi connectivity index (χ4n) is 9.08. The van der Waals surface area contributed by atoms with Crippen LogP contribution < -0.4 is 0 Å². The largest absolute Gasteiger partial charge is 0.477 e. The summed E-state index contributed by atoms with van der Waals surface area (Å²) in [4.78, 5) is 37.7. The molecule has 0 saturated carbocycles. The number of esters is 2. The van der Waals surface area contributed by atoms with Crippen LogP contribution >= 0.6 is 0 Å². The first-order valence-electron chi connectivity index (χ1n) is 36.2. The zero-order valence-corrected chi connectivity index (χ0v) is 59.3. The summed E-state index contributed by atoms with van der Waals surface area (Å²) in [6.07, 6.45) is 109. The van der Waals surface area contributed by atoms with E-state index in [0.717, 1.165) is 167 Å². The number of carboxylic acid groups (broad SMARTS) is 1. The van der Waals surface area contributed by atoms with Crippen LogP contribution in [0.2, 0.25) is 0 Å². The molecule has 0 bridgehead atoms. The number of hydrogen-bond acceptors (Lipinski definition) is 7. The predicted molar refractivity (Wildman–Crippen MR) is 400 cm³/mol. The van der Waals surface area contributed by atoms with Crippen LogP contribution in [0.3, 0.4) is 0 Å². The average molecular weight is 1280 g/mol. The predicted octanol–water partition coefficient (Wildman–Crippen LogP) is 23.1. The Labute approximate surface area is 569 Å². The summed E-state index contributed by atoms with van der Waals surface area (Å²) in [6.45, 7) is 4.60. The number of nitrogens with zero attached hydrogens (tertiary/aromatic N) is 1. The Morgan fingerprint density at radius 2 is 0.581 bits per heavy atom. The summed E-state index contributed by atoms with van der Waals surface area (Å²) in [7, 11) is 5.96. The van der Waals surface area contributed by atoms with Crippen molar-refractivity contribution in [1.82, 2.24) is 0 Å². The van der Waals surface area contributed by atoms with Gasteiger partial charge in [-0.15, -0.1) is 0 Å². The average Bonchev–Trinajstić information content (AvgIpc) is 3.38. The fourth-order valence-corrected chi connectivity index (χ4v) is 9.08. The lowest BCUT2D eigenvalue weighted by atomic mass is 10.1. The number of quaternary nitrogens is 1. The number of ether oxygens (including phenoxy) is 4. The number of hydrogen-bond donors (Lipinski definition) is 1. The van der Waals surface area contributed by atoms with E-state index in [2.05, 4.69) is 220 Å². The zero-order valence-electron chi connectivity index (χ0n) is 59.3. The van der Waals surface area contributed by atoms with Crippen molar-refractivity contribution in [2.45, 2.75) is 257 Å².